The molecule has 2 saturated heterocycles. The van der Waals surface area contributed by atoms with E-state index in [4.69, 9.17) is 0 Å². The van der Waals surface area contributed by atoms with Gasteiger partial charge in [0.2, 0.25) is 0 Å². The summed E-state index contributed by atoms with van der Waals surface area (Å²) >= 11 is 0. The first-order valence-electron chi connectivity index (χ1n) is 15.5. The van der Waals surface area contributed by atoms with E-state index in [1.807, 2.05) is 0 Å². The Labute approximate surface area is 227 Å². The molecule has 0 aliphatic carbocycles. The molecular weight excluding hydrogens is 448 g/mol. The van der Waals surface area contributed by atoms with Gasteiger partial charge < -0.3 is 4.48 Å². The molecule has 2 heteroatoms. The molecule has 4 rings (SSSR count). The summed E-state index contributed by atoms with van der Waals surface area (Å²) < 4.78 is 1.31. The Kier molecular flexibility index (Phi) is 10.3. The van der Waals surface area contributed by atoms with Crippen LogP contribution in [0, 0.1) is 17.2 Å². The normalized spacial score (nSPS) is 25.2. The van der Waals surface area contributed by atoms with Crippen LogP contribution in [0.25, 0.3) is 0 Å². The van der Waals surface area contributed by atoms with Crippen molar-refractivity contribution >= 4 is 0 Å². The molecule has 0 saturated carbocycles. The number of hydrogen-bond acceptors (Lipinski definition) is 1. The fourth-order valence-electron chi connectivity index (χ4n) is 7.78. The molecule has 2 bridgehead atoms. The van der Waals surface area contributed by atoms with Crippen molar-refractivity contribution < 1.29 is 4.48 Å². The third-order valence-electron chi connectivity index (χ3n) is 10.0. The summed E-state index contributed by atoms with van der Waals surface area (Å²) in [5.74, 6) is 0.622. The number of fused-ring (bicyclic) bond motifs is 2. The number of benzene rings is 2. The number of piperidine rings is 1. The van der Waals surface area contributed by atoms with Gasteiger partial charge in [0.25, 0.3) is 0 Å². The van der Waals surface area contributed by atoms with E-state index in [0.717, 1.165) is 29.6 Å². The zero-order valence-corrected chi connectivity index (χ0v) is 23.7. The van der Waals surface area contributed by atoms with Gasteiger partial charge >= 0.3 is 0 Å². The highest BCUT2D eigenvalue weighted by Crippen LogP contribution is 2.48. The van der Waals surface area contributed by atoms with Crippen molar-refractivity contribution in [2.24, 2.45) is 5.92 Å². The van der Waals surface area contributed by atoms with E-state index in [0.29, 0.717) is 5.92 Å². The Balaban J connectivity index is 1.32. The van der Waals surface area contributed by atoms with Crippen LogP contribution in [0.4, 0.5) is 0 Å². The second kappa shape index (κ2) is 13.6. The minimum atomic E-state index is -0.552. The Bertz CT molecular complexity index is 906. The van der Waals surface area contributed by atoms with Gasteiger partial charge in [-0.1, -0.05) is 119 Å². The lowest BCUT2D eigenvalue weighted by atomic mass is 9.67. The third-order valence-corrected chi connectivity index (χ3v) is 10.0. The maximum absolute atomic E-state index is 10.7. The minimum Gasteiger partial charge on any atom is -0.321 e. The molecule has 0 spiro atoms. The Morgan fingerprint density at radius 2 is 1.19 bits per heavy atom. The fraction of sp³-hybridized carbons (Fsp3) is 0.629. The van der Waals surface area contributed by atoms with E-state index >= 15 is 0 Å². The number of unbranched alkanes of at least 4 members (excludes halogenated alkanes) is 9. The van der Waals surface area contributed by atoms with E-state index < -0.39 is 5.41 Å². The molecular formula is C35H51N2+. The maximum Gasteiger partial charge on any atom is 0.107 e. The smallest absolute Gasteiger partial charge is 0.107 e. The Hall–Kier alpha value is -2.11. The summed E-state index contributed by atoms with van der Waals surface area (Å²) in [6, 6.07) is 25.6. The summed E-state index contributed by atoms with van der Waals surface area (Å²) in [7, 11) is 2.57. The van der Waals surface area contributed by atoms with E-state index in [1.165, 1.54) is 101 Å². The number of nitrogens with zero attached hydrogens (tertiary/aromatic N) is 2. The molecule has 0 radical (unpaired) electrons. The lowest BCUT2D eigenvalue weighted by Crippen LogP contribution is -2.58. The van der Waals surface area contributed by atoms with Crippen LogP contribution in [-0.4, -0.2) is 30.2 Å². The van der Waals surface area contributed by atoms with E-state index in [2.05, 4.69) is 80.7 Å². The molecule has 0 amide bonds. The largest absolute Gasteiger partial charge is 0.321 e. The van der Waals surface area contributed by atoms with Crippen molar-refractivity contribution in [3.05, 3.63) is 71.8 Å². The average Bonchev–Trinajstić information content (AvgIpc) is 3.09. The van der Waals surface area contributed by atoms with Crippen molar-refractivity contribution in [2.75, 3.05) is 13.6 Å². The van der Waals surface area contributed by atoms with E-state index in [-0.39, 0.29) is 0 Å². The molecule has 4 atom stereocenters. The van der Waals surface area contributed by atoms with E-state index in [1.54, 1.807) is 0 Å². The van der Waals surface area contributed by atoms with Gasteiger partial charge in [0, 0.05) is 25.7 Å². The molecule has 2 aliphatic heterocycles. The van der Waals surface area contributed by atoms with Crippen molar-refractivity contribution in [1.82, 2.24) is 0 Å². The summed E-state index contributed by atoms with van der Waals surface area (Å²) in [5.41, 5.74) is 1.76. The molecule has 2 heterocycles. The summed E-state index contributed by atoms with van der Waals surface area (Å²) in [5, 5.41) is 10.7. The lowest BCUT2D eigenvalue weighted by molar-refractivity contribution is -0.949. The standard InChI is InChI=1S/C35H51N2/c1-3-4-5-6-7-8-9-10-11-18-25-37(2)33-23-24-34(37)27-30(26-33)28-35(29-36,31-19-14-12-15-20-31)32-21-16-13-17-22-32/h12-17,19-22,30,33-34H,3-11,18,23-28H2,1-2H3/q+1/t30-,33+,34-,37?. The van der Waals surface area contributed by atoms with Crippen molar-refractivity contribution in [3.8, 4) is 6.07 Å². The van der Waals surface area contributed by atoms with E-state index in [9.17, 15) is 5.26 Å². The van der Waals surface area contributed by atoms with Crippen LogP contribution in [-0.2, 0) is 5.41 Å². The third kappa shape index (κ3) is 6.67. The van der Waals surface area contributed by atoms with Crippen LogP contribution < -0.4 is 0 Å². The topological polar surface area (TPSA) is 23.8 Å². The first-order valence-corrected chi connectivity index (χ1v) is 15.5. The molecule has 1 unspecified atom stereocenters. The number of rotatable bonds is 15. The molecule has 2 aromatic carbocycles. The molecule has 2 fully saturated rings. The quantitative estimate of drug-likeness (QED) is 0.177. The second-order valence-electron chi connectivity index (χ2n) is 12.4. The molecule has 2 nitrogen and oxygen atoms in total. The van der Waals surface area contributed by atoms with Gasteiger partial charge in [-0.25, -0.2) is 0 Å². The van der Waals surface area contributed by atoms with Crippen LogP contribution in [0.5, 0.6) is 0 Å². The highest BCUT2D eigenvalue weighted by atomic mass is 15.4. The predicted molar refractivity (Wildman–Crippen MR) is 156 cm³/mol. The second-order valence-corrected chi connectivity index (χ2v) is 12.4. The summed E-state index contributed by atoms with van der Waals surface area (Å²) in [6.45, 7) is 3.66. The van der Waals surface area contributed by atoms with Crippen molar-refractivity contribution in [1.29, 1.82) is 5.26 Å². The minimum absolute atomic E-state index is 0.552. The highest BCUT2D eigenvalue weighted by Gasteiger charge is 2.52. The van der Waals surface area contributed by atoms with Crippen LogP contribution in [0.3, 0.4) is 0 Å². The van der Waals surface area contributed by atoms with Crippen LogP contribution in [0.2, 0.25) is 0 Å². The molecule has 0 N–H and O–H groups in total. The lowest BCUT2D eigenvalue weighted by Gasteiger charge is -2.48. The molecule has 2 aliphatic rings. The average molecular weight is 500 g/mol. The van der Waals surface area contributed by atoms with Gasteiger partial charge in [0.15, 0.2) is 0 Å². The number of quaternary nitrogens is 1. The summed E-state index contributed by atoms with van der Waals surface area (Å²) in [6.07, 6.45) is 20.4. The maximum atomic E-state index is 10.7. The zero-order chi connectivity index (χ0) is 26.0. The SMILES string of the molecule is CCCCCCCCCCCC[N+]1(C)[C@@H]2CC[C@H]1C[C@@H](CC(C#N)(c1ccccc1)c1ccccc1)C2. The predicted octanol–water partition coefficient (Wildman–Crippen LogP) is 9.19. The monoisotopic (exact) mass is 499 g/mol. The molecule has 0 aromatic heterocycles. The summed E-state index contributed by atoms with van der Waals surface area (Å²) in [4.78, 5) is 0. The fourth-order valence-corrected chi connectivity index (χ4v) is 7.78. The van der Waals surface area contributed by atoms with Crippen LogP contribution in [0.15, 0.2) is 60.7 Å². The number of hydrogen-bond donors (Lipinski definition) is 0. The van der Waals surface area contributed by atoms with Gasteiger partial charge in [-0.2, -0.15) is 5.26 Å². The van der Waals surface area contributed by atoms with Gasteiger partial charge in [-0.3, -0.25) is 0 Å². The van der Waals surface area contributed by atoms with Crippen molar-refractivity contribution in [2.45, 2.75) is 121 Å². The molecule has 2 aromatic rings. The zero-order valence-electron chi connectivity index (χ0n) is 23.7. The van der Waals surface area contributed by atoms with Crippen molar-refractivity contribution in [3.63, 3.8) is 0 Å². The van der Waals surface area contributed by atoms with Gasteiger partial charge in [-0.05, 0) is 36.3 Å². The van der Waals surface area contributed by atoms with Gasteiger partial charge in [0.05, 0.1) is 31.7 Å². The number of nitriles is 1. The van der Waals surface area contributed by atoms with Gasteiger partial charge in [0.1, 0.15) is 5.41 Å². The van der Waals surface area contributed by atoms with Gasteiger partial charge in [-0.15, -0.1) is 0 Å². The Morgan fingerprint density at radius 3 is 1.65 bits per heavy atom. The molecule has 37 heavy (non-hydrogen) atoms. The Morgan fingerprint density at radius 1 is 0.730 bits per heavy atom. The first-order chi connectivity index (χ1) is 18.1. The highest BCUT2D eigenvalue weighted by molar-refractivity contribution is 5.45. The molecule has 200 valence electrons. The van der Waals surface area contributed by atoms with Crippen LogP contribution >= 0.6 is 0 Å². The first kappa shape index (κ1) is 27.9. The van der Waals surface area contributed by atoms with Crippen LogP contribution in [0.1, 0.15) is 114 Å².